The lowest BCUT2D eigenvalue weighted by Gasteiger charge is -2.33. The highest BCUT2D eigenvalue weighted by molar-refractivity contribution is 5.85. The molecule has 1 heterocycles. The topological polar surface area (TPSA) is 81.9 Å². The average molecular weight is 340 g/mol. The number of carbonyl (C=O) groups excluding carboxylic acids is 2. The minimum Gasteiger partial charge on any atom is -0.476 e. The van der Waals surface area contributed by atoms with E-state index in [2.05, 4.69) is 0 Å². The first-order valence-electron chi connectivity index (χ1n) is 8.11. The number of para-hydroxylation sites is 1. The summed E-state index contributed by atoms with van der Waals surface area (Å²) in [4.78, 5) is 26.0. The molecule has 2 atom stereocenters. The second-order valence-electron chi connectivity index (χ2n) is 5.77. The largest absolute Gasteiger partial charge is 0.476 e. The Labute approximate surface area is 146 Å². The molecule has 2 aromatic rings. The van der Waals surface area contributed by atoms with E-state index in [1.54, 1.807) is 17.0 Å². The highest BCUT2D eigenvalue weighted by Crippen LogP contribution is 2.24. The van der Waals surface area contributed by atoms with Gasteiger partial charge in [-0.25, -0.2) is 0 Å². The lowest BCUT2D eigenvalue weighted by atomic mass is 10.1. The lowest BCUT2D eigenvalue weighted by Crippen LogP contribution is -2.52. The molecular formula is C19H20N2O4. The zero-order valence-electron chi connectivity index (χ0n) is 13.7. The van der Waals surface area contributed by atoms with Gasteiger partial charge in [0.2, 0.25) is 12.0 Å². The Morgan fingerprint density at radius 2 is 1.72 bits per heavy atom. The van der Waals surface area contributed by atoms with Crippen LogP contribution in [0.1, 0.15) is 11.7 Å². The Hall–Kier alpha value is -2.86. The van der Waals surface area contributed by atoms with Gasteiger partial charge in [0.25, 0.3) is 5.91 Å². The summed E-state index contributed by atoms with van der Waals surface area (Å²) in [6.07, 6.45) is -1.58. The smallest absolute Gasteiger partial charge is 0.268 e. The molecule has 25 heavy (non-hydrogen) atoms. The van der Waals surface area contributed by atoms with E-state index in [0.29, 0.717) is 12.3 Å². The number of benzene rings is 2. The van der Waals surface area contributed by atoms with Gasteiger partial charge in [0.1, 0.15) is 5.75 Å². The van der Waals surface area contributed by atoms with Crippen molar-refractivity contribution < 1.29 is 19.1 Å². The predicted molar refractivity (Wildman–Crippen MR) is 91.8 cm³/mol. The Bertz CT molecular complexity index is 721. The maximum atomic E-state index is 13.1. The maximum absolute atomic E-state index is 13.1. The van der Waals surface area contributed by atoms with E-state index < -0.39 is 18.1 Å². The van der Waals surface area contributed by atoms with Crippen molar-refractivity contribution >= 4 is 11.8 Å². The zero-order valence-corrected chi connectivity index (χ0v) is 13.7. The van der Waals surface area contributed by atoms with Crippen LogP contribution in [0.3, 0.4) is 0 Å². The van der Waals surface area contributed by atoms with Crippen LogP contribution in [0.15, 0.2) is 60.7 Å². The van der Waals surface area contributed by atoms with E-state index in [9.17, 15) is 9.59 Å². The van der Waals surface area contributed by atoms with Crippen LogP contribution in [-0.4, -0.2) is 42.5 Å². The molecule has 0 aromatic heterocycles. The van der Waals surface area contributed by atoms with E-state index in [0.717, 1.165) is 5.56 Å². The number of amides is 2. The van der Waals surface area contributed by atoms with Crippen LogP contribution >= 0.6 is 0 Å². The van der Waals surface area contributed by atoms with E-state index >= 15 is 0 Å². The van der Waals surface area contributed by atoms with Crippen molar-refractivity contribution in [3.8, 4) is 5.75 Å². The molecule has 6 nitrogen and oxygen atoms in total. The summed E-state index contributed by atoms with van der Waals surface area (Å²) < 4.78 is 11.3. The van der Waals surface area contributed by atoms with Crippen LogP contribution in [0.25, 0.3) is 0 Å². The van der Waals surface area contributed by atoms with Gasteiger partial charge in [-0.1, -0.05) is 48.5 Å². The second-order valence-corrected chi connectivity index (χ2v) is 5.77. The van der Waals surface area contributed by atoms with E-state index in [1.807, 2.05) is 48.5 Å². The first kappa shape index (κ1) is 17.0. The van der Waals surface area contributed by atoms with Crippen molar-refractivity contribution in [2.75, 3.05) is 19.7 Å². The highest BCUT2D eigenvalue weighted by Gasteiger charge is 2.33. The van der Waals surface area contributed by atoms with Crippen LogP contribution in [0, 0.1) is 0 Å². The molecule has 1 saturated heterocycles. The molecule has 1 aliphatic heterocycles. The monoisotopic (exact) mass is 340 g/mol. The first-order chi connectivity index (χ1) is 12.1. The molecule has 0 unspecified atom stereocenters. The molecule has 3 rings (SSSR count). The summed E-state index contributed by atoms with van der Waals surface area (Å²) in [5.41, 5.74) is 6.06. The van der Waals surface area contributed by atoms with Crippen molar-refractivity contribution in [1.29, 1.82) is 0 Å². The molecule has 130 valence electrons. The molecule has 0 bridgehead atoms. The predicted octanol–water partition coefficient (Wildman–Crippen LogP) is 1.52. The zero-order chi connectivity index (χ0) is 17.6. The molecule has 0 aliphatic carbocycles. The van der Waals surface area contributed by atoms with Crippen molar-refractivity contribution in [2.24, 2.45) is 5.73 Å². The number of nitrogens with two attached hydrogens (primary N) is 1. The number of ether oxygens (including phenoxy) is 2. The summed E-state index contributed by atoms with van der Waals surface area (Å²) in [5, 5.41) is 0. The Morgan fingerprint density at radius 3 is 2.36 bits per heavy atom. The van der Waals surface area contributed by atoms with E-state index in [1.165, 1.54) is 0 Å². The Kier molecular flexibility index (Phi) is 5.30. The quantitative estimate of drug-likeness (QED) is 0.895. The van der Waals surface area contributed by atoms with Gasteiger partial charge in [-0.05, 0) is 12.1 Å². The summed E-state index contributed by atoms with van der Waals surface area (Å²) in [6.45, 7) is 0.798. The molecule has 1 aliphatic rings. The summed E-state index contributed by atoms with van der Waals surface area (Å²) >= 11 is 0. The van der Waals surface area contributed by atoms with Crippen molar-refractivity contribution in [3.63, 3.8) is 0 Å². The van der Waals surface area contributed by atoms with Gasteiger partial charge in [0.05, 0.1) is 13.2 Å². The molecule has 0 saturated carbocycles. The van der Waals surface area contributed by atoms with Crippen LogP contribution in [-0.2, 0) is 14.3 Å². The van der Waals surface area contributed by atoms with Crippen molar-refractivity contribution in [1.82, 2.24) is 4.90 Å². The third-order valence-corrected chi connectivity index (χ3v) is 4.02. The summed E-state index contributed by atoms with van der Waals surface area (Å²) in [6, 6.07) is 18.5. The number of hydrogen-bond acceptors (Lipinski definition) is 4. The number of hydrogen-bond donors (Lipinski definition) is 1. The van der Waals surface area contributed by atoms with Crippen LogP contribution < -0.4 is 10.5 Å². The van der Waals surface area contributed by atoms with Gasteiger partial charge in [-0.15, -0.1) is 0 Å². The van der Waals surface area contributed by atoms with E-state index in [-0.39, 0.29) is 19.1 Å². The molecule has 1 fully saturated rings. The number of carbonyl (C=O) groups is 2. The second kappa shape index (κ2) is 7.81. The fourth-order valence-corrected chi connectivity index (χ4v) is 2.71. The van der Waals surface area contributed by atoms with Gasteiger partial charge >= 0.3 is 0 Å². The molecule has 0 radical (unpaired) electrons. The molecule has 2 amide bonds. The average Bonchev–Trinajstić information content (AvgIpc) is 2.67. The Balaban J connectivity index is 1.83. The van der Waals surface area contributed by atoms with Crippen LogP contribution in [0.4, 0.5) is 0 Å². The van der Waals surface area contributed by atoms with Gasteiger partial charge in [-0.2, -0.15) is 0 Å². The van der Waals surface area contributed by atoms with Gasteiger partial charge in [0.15, 0.2) is 6.10 Å². The summed E-state index contributed by atoms with van der Waals surface area (Å²) in [5.74, 6) is -0.188. The third-order valence-electron chi connectivity index (χ3n) is 4.02. The third kappa shape index (κ3) is 4.16. The van der Waals surface area contributed by atoms with Crippen LogP contribution in [0.2, 0.25) is 0 Å². The van der Waals surface area contributed by atoms with Crippen molar-refractivity contribution in [2.45, 2.75) is 12.2 Å². The van der Waals surface area contributed by atoms with Crippen molar-refractivity contribution in [3.05, 3.63) is 66.2 Å². The van der Waals surface area contributed by atoms with Gasteiger partial charge in [-0.3, -0.25) is 9.59 Å². The van der Waals surface area contributed by atoms with Gasteiger partial charge < -0.3 is 20.1 Å². The van der Waals surface area contributed by atoms with Crippen LogP contribution in [0.5, 0.6) is 5.75 Å². The fourth-order valence-electron chi connectivity index (χ4n) is 2.71. The normalized spacial score (nSPS) is 18.4. The molecule has 2 aromatic carbocycles. The lowest BCUT2D eigenvalue weighted by molar-refractivity contribution is -0.150. The number of morpholine rings is 1. The number of primary amides is 1. The molecular weight excluding hydrogens is 320 g/mol. The molecule has 6 heteroatoms. The SMILES string of the molecule is NC(=O)[C@@H]1CN(C(=O)[C@@H](Oc2ccccc2)c2ccccc2)CCO1. The maximum Gasteiger partial charge on any atom is 0.268 e. The first-order valence-corrected chi connectivity index (χ1v) is 8.11. The minimum atomic E-state index is -0.796. The Morgan fingerprint density at radius 1 is 1.08 bits per heavy atom. The van der Waals surface area contributed by atoms with E-state index in [4.69, 9.17) is 15.2 Å². The summed E-state index contributed by atoms with van der Waals surface area (Å²) in [7, 11) is 0. The number of rotatable bonds is 5. The minimum absolute atomic E-state index is 0.135. The number of nitrogens with zero attached hydrogens (tertiary/aromatic N) is 1. The standard InChI is InChI=1S/C19H20N2O4/c20-18(22)16-13-21(11-12-24-16)19(23)17(14-7-3-1-4-8-14)25-15-9-5-2-6-10-15/h1-10,16-17H,11-13H2,(H2,20,22)/t16-,17-/m0/s1. The molecule has 2 N–H and O–H groups in total. The molecule has 0 spiro atoms. The highest BCUT2D eigenvalue weighted by atomic mass is 16.5. The van der Waals surface area contributed by atoms with Gasteiger partial charge in [0, 0.05) is 12.1 Å². The fraction of sp³-hybridized carbons (Fsp3) is 0.263.